The Morgan fingerprint density at radius 1 is 1.16 bits per heavy atom. The Labute approximate surface area is 154 Å². The zero-order valence-electron chi connectivity index (χ0n) is 14.8. The number of rotatable bonds is 4. The molecule has 0 unspecified atom stereocenters. The second kappa shape index (κ2) is 7.01. The van der Waals surface area contributed by atoms with Crippen molar-refractivity contribution in [3.63, 3.8) is 0 Å². The molecular formula is C21H23ClN2O. The minimum absolute atomic E-state index is 0.00359. The van der Waals surface area contributed by atoms with Crippen molar-refractivity contribution in [2.24, 2.45) is 11.0 Å². The molecule has 2 aromatic rings. The molecule has 1 saturated carbocycles. The molecule has 3 nitrogen and oxygen atoms in total. The summed E-state index contributed by atoms with van der Waals surface area (Å²) in [4.78, 5) is 12.2. The fraction of sp³-hybridized carbons (Fsp3) is 0.333. The molecule has 2 aromatic carbocycles. The van der Waals surface area contributed by atoms with Gasteiger partial charge in [0.2, 0.25) is 5.91 Å². The fourth-order valence-electron chi connectivity index (χ4n) is 2.91. The third-order valence-corrected chi connectivity index (χ3v) is 4.96. The van der Waals surface area contributed by atoms with Crippen LogP contribution in [0.25, 0.3) is 0 Å². The van der Waals surface area contributed by atoms with Crippen LogP contribution in [-0.4, -0.2) is 12.1 Å². The molecule has 130 valence electrons. The largest absolute Gasteiger partial charge is 0.273 e. The molecule has 1 amide bonds. The molecule has 0 radical (unpaired) electrons. The zero-order chi connectivity index (χ0) is 18.0. The van der Waals surface area contributed by atoms with Crippen molar-refractivity contribution in [1.82, 2.24) is 5.43 Å². The van der Waals surface area contributed by atoms with Crippen LogP contribution in [-0.2, 0) is 10.2 Å². The lowest BCUT2D eigenvalue weighted by Gasteiger charge is -2.19. The van der Waals surface area contributed by atoms with Crippen molar-refractivity contribution in [2.75, 3.05) is 0 Å². The molecule has 1 fully saturated rings. The van der Waals surface area contributed by atoms with E-state index in [1.165, 1.54) is 11.1 Å². The van der Waals surface area contributed by atoms with Crippen molar-refractivity contribution >= 4 is 23.7 Å². The van der Waals surface area contributed by atoms with E-state index in [1.54, 1.807) is 12.3 Å². The van der Waals surface area contributed by atoms with Crippen LogP contribution in [0.5, 0.6) is 0 Å². The van der Waals surface area contributed by atoms with Crippen molar-refractivity contribution in [3.05, 3.63) is 70.2 Å². The zero-order valence-corrected chi connectivity index (χ0v) is 15.5. The Morgan fingerprint density at radius 3 is 2.48 bits per heavy atom. The average molecular weight is 355 g/mol. The summed E-state index contributed by atoms with van der Waals surface area (Å²) in [5, 5.41) is 4.64. The standard InChI is InChI=1S/C21H23ClN2O/c1-21(2,3)16-10-8-14(9-11-16)17-12-18(17)20(25)24-23-13-15-6-4-5-7-19(15)22/h4-11,13,17-18H,12H2,1-3H3,(H,24,25)/t17-,18+/m1/s1. The summed E-state index contributed by atoms with van der Waals surface area (Å²) in [6.45, 7) is 6.60. The fourth-order valence-corrected chi connectivity index (χ4v) is 3.10. The maximum Gasteiger partial charge on any atom is 0.243 e. The number of benzene rings is 2. The van der Waals surface area contributed by atoms with Gasteiger partial charge in [-0.2, -0.15) is 5.10 Å². The Morgan fingerprint density at radius 2 is 1.84 bits per heavy atom. The molecule has 1 aliphatic rings. The summed E-state index contributed by atoms with van der Waals surface area (Å²) in [6.07, 6.45) is 2.46. The molecular weight excluding hydrogens is 332 g/mol. The highest BCUT2D eigenvalue weighted by atomic mass is 35.5. The van der Waals surface area contributed by atoms with E-state index in [1.807, 2.05) is 18.2 Å². The molecule has 0 aliphatic heterocycles. The SMILES string of the molecule is CC(C)(C)c1ccc([C@H]2C[C@@H]2C(=O)NN=Cc2ccccc2Cl)cc1. The Kier molecular flexibility index (Phi) is 4.96. The quantitative estimate of drug-likeness (QED) is 0.616. The number of carbonyl (C=O) groups excluding carboxylic acids is 1. The van der Waals surface area contributed by atoms with Crippen LogP contribution in [0.3, 0.4) is 0 Å². The highest BCUT2D eigenvalue weighted by Crippen LogP contribution is 2.47. The summed E-state index contributed by atoms with van der Waals surface area (Å²) in [6, 6.07) is 16.0. The molecule has 3 rings (SSSR count). The van der Waals surface area contributed by atoms with Gasteiger partial charge in [-0.05, 0) is 34.9 Å². The number of nitrogens with zero attached hydrogens (tertiary/aromatic N) is 1. The number of halogens is 1. The van der Waals surface area contributed by atoms with Gasteiger partial charge in [0.25, 0.3) is 0 Å². The van der Waals surface area contributed by atoms with Gasteiger partial charge in [-0.25, -0.2) is 5.43 Å². The first kappa shape index (κ1) is 17.7. The smallest absolute Gasteiger partial charge is 0.243 e. The second-order valence-electron chi connectivity index (χ2n) is 7.58. The van der Waals surface area contributed by atoms with Gasteiger partial charge < -0.3 is 0 Å². The monoisotopic (exact) mass is 354 g/mol. The number of carbonyl (C=O) groups is 1. The van der Waals surface area contributed by atoms with E-state index in [2.05, 4.69) is 55.6 Å². The van der Waals surface area contributed by atoms with Crippen LogP contribution in [0.1, 0.15) is 49.8 Å². The van der Waals surface area contributed by atoms with Crippen molar-refractivity contribution < 1.29 is 4.79 Å². The predicted molar refractivity (Wildman–Crippen MR) is 103 cm³/mol. The van der Waals surface area contributed by atoms with E-state index >= 15 is 0 Å². The first-order valence-electron chi connectivity index (χ1n) is 8.54. The van der Waals surface area contributed by atoms with Gasteiger partial charge >= 0.3 is 0 Å². The van der Waals surface area contributed by atoms with E-state index in [0.717, 1.165) is 12.0 Å². The van der Waals surface area contributed by atoms with E-state index in [0.29, 0.717) is 10.9 Å². The maximum absolute atomic E-state index is 12.2. The molecule has 4 heteroatoms. The minimum atomic E-state index is -0.0341. The highest BCUT2D eigenvalue weighted by molar-refractivity contribution is 6.33. The van der Waals surface area contributed by atoms with Gasteiger partial charge in [-0.15, -0.1) is 0 Å². The highest BCUT2D eigenvalue weighted by Gasteiger charge is 2.43. The summed E-state index contributed by atoms with van der Waals surface area (Å²) in [5.41, 5.74) is 6.09. The Hall–Kier alpha value is -2.13. The number of hydrogen-bond acceptors (Lipinski definition) is 2. The van der Waals surface area contributed by atoms with Crippen LogP contribution in [0.15, 0.2) is 53.6 Å². The molecule has 0 saturated heterocycles. The van der Waals surface area contributed by atoms with Crippen LogP contribution >= 0.6 is 11.6 Å². The molecule has 0 aromatic heterocycles. The van der Waals surface area contributed by atoms with Crippen LogP contribution in [0, 0.1) is 5.92 Å². The number of hydrazone groups is 1. The molecule has 0 spiro atoms. The Balaban J connectivity index is 1.56. The van der Waals surface area contributed by atoms with E-state index in [4.69, 9.17) is 11.6 Å². The lowest BCUT2D eigenvalue weighted by Crippen LogP contribution is -2.20. The Bertz CT molecular complexity index is 790. The topological polar surface area (TPSA) is 41.5 Å². The third-order valence-electron chi connectivity index (χ3n) is 4.62. The van der Waals surface area contributed by atoms with Crippen LogP contribution in [0.4, 0.5) is 0 Å². The number of hydrogen-bond donors (Lipinski definition) is 1. The minimum Gasteiger partial charge on any atom is -0.273 e. The predicted octanol–water partition coefficient (Wildman–Crippen LogP) is 4.89. The average Bonchev–Trinajstić information content (AvgIpc) is 3.37. The lowest BCUT2D eigenvalue weighted by atomic mass is 9.86. The van der Waals surface area contributed by atoms with E-state index in [9.17, 15) is 4.79 Å². The first-order chi connectivity index (χ1) is 11.9. The van der Waals surface area contributed by atoms with E-state index < -0.39 is 0 Å². The van der Waals surface area contributed by atoms with Gasteiger partial charge in [0.1, 0.15) is 0 Å². The van der Waals surface area contributed by atoms with Gasteiger partial charge in [-0.1, -0.05) is 74.8 Å². The molecule has 1 aliphatic carbocycles. The summed E-state index contributed by atoms with van der Waals surface area (Å²) < 4.78 is 0. The van der Waals surface area contributed by atoms with Gasteiger partial charge in [0.05, 0.1) is 6.21 Å². The second-order valence-corrected chi connectivity index (χ2v) is 7.98. The van der Waals surface area contributed by atoms with Crippen LogP contribution in [0.2, 0.25) is 5.02 Å². The first-order valence-corrected chi connectivity index (χ1v) is 8.92. The number of amides is 1. The number of nitrogens with one attached hydrogen (secondary N) is 1. The van der Waals surface area contributed by atoms with Crippen LogP contribution < -0.4 is 5.43 Å². The van der Waals surface area contributed by atoms with Gasteiger partial charge in [0.15, 0.2) is 0 Å². The van der Waals surface area contributed by atoms with E-state index in [-0.39, 0.29) is 17.2 Å². The molecule has 0 heterocycles. The molecule has 1 N–H and O–H groups in total. The molecule has 2 atom stereocenters. The summed E-state index contributed by atoms with van der Waals surface area (Å²) >= 11 is 6.06. The van der Waals surface area contributed by atoms with Crippen molar-refractivity contribution in [2.45, 2.75) is 38.5 Å². The third kappa shape index (κ3) is 4.29. The van der Waals surface area contributed by atoms with Gasteiger partial charge in [-0.3, -0.25) is 4.79 Å². The summed E-state index contributed by atoms with van der Waals surface area (Å²) in [5.74, 6) is 0.265. The summed E-state index contributed by atoms with van der Waals surface area (Å²) in [7, 11) is 0. The lowest BCUT2D eigenvalue weighted by molar-refractivity contribution is -0.122. The van der Waals surface area contributed by atoms with Gasteiger partial charge in [0, 0.05) is 16.5 Å². The molecule has 25 heavy (non-hydrogen) atoms. The maximum atomic E-state index is 12.2. The molecule has 0 bridgehead atoms. The van der Waals surface area contributed by atoms with Crippen molar-refractivity contribution in [3.8, 4) is 0 Å². The van der Waals surface area contributed by atoms with Crippen molar-refractivity contribution in [1.29, 1.82) is 0 Å². The normalized spacial score (nSPS) is 19.8.